The lowest BCUT2D eigenvalue weighted by Gasteiger charge is -2.34. The minimum absolute atomic E-state index is 0.306. The van der Waals surface area contributed by atoms with Crippen LogP contribution in [0.1, 0.15) is 40.2 Å². The number of ether oxygens (including phenoxy) is 2. The SMILES string of the molecule is CC(C)(C)OC(=O)N1[C@H](/C=C/c2cc(-c3ccc(F)cc3)cc(-c3ccc(F)cc3)c2)COC1(C)C. The van der Waals surface area contributed by atoms with Crippen LogP contribution < -0.4 is 0 Å². The summed E-state index contributed by atoms with van der Waals surface area (Å²) in [6, 6.07) is 18.3. The summed E-state index contributed by atoms with van der Waals surface area (Å²) in [7, 11) is 0. The Morgan fingerprint density at radius 3 is 1.89 bits per heavy atom. The lowest BCUT2D eigenvalue weighted by molar-refractivity contribution is -0.0610. The van der Waals surface area contributed by atoms with Crippen molar-refractivity contribution in [3.05, 3.63) is 90.0 Å². The van der Waals surface area contributed by atoms with Crippen molar-refractivity contribution in [2.45, 2.75) is 52.0 Å². The maximum absolute atomic E-state index is 13.5. The topological polar surface area (TPSA) is 38.8 Å². The third-order valence-corrected chi connectivity index (χ3v) is 5.93. The standard InChI is InChI=1S/C30H31F2NO3/c1-29(2,3)36-28(34)33-27(19-35-30(33,4)5)15-6-20-16-23(21-7-11-25(31)12-8-21)18-24(17-20)22-9-13-26(32)14-10-22/h6-18,27H,19H2,1-5H3/b15-6+/t27-/m1/s1. The Hall–Kier alpha value is -3.51. The summed E-state index contributed by atoms with van der Waals surface area (Å²) in [5.74, 6) is -0.612. The molecule has 0 aromatic heterocycles. The van der Waals surface area contributed by atoms with Gasteiger partial charge in [-0.3, -0.25) is 4.90 Å². The van der Waals surface area contributed by atoms with Crippen LogP contribution in [0.15, 0.2) is 72.8 Å². The monoisotopic (exact) mass is 491 g/mol. The van der Waals surface area contributed by atoms with E-state index in [1.54, 1.807) is 29.2 Å². The molecule has 1 aliphatic rings. The van der Waals surface area contributed by atoms with Gasteiger partial charge >= 0.3 is 6.09 Å². The fraction of sp³-hybridized carbons (Fsp3) is 0.300. The second-order valence-electron chi connectivity index (χ2n) is 10.4. The molecular formula is C30H31F2NO3. The number of carbonyl (C=O) groups is 1. The summed E-state index contributed by atoms with van der Waals surface area (Å²) in [5.41, 5.74) is 2.94. The number of halogens is 2. The first-order valence-corrected chi connectivity index (χ1v) is 11.9. The number of hydrogen-bond donors (Lipinski definition) is 0. The summed E-state index contributed by atoms with van der Waals surface area (Å²) in [6.45, 7) is 9.51. The van der Waals surface area contributed by atoms with Crippen LogP contribution in [0.25, 0.3) is 28.3 Å². The number of amides is 1. The fourth-order valence-corrected chi connectivity index (χ4v) is 4.23. The van der Waals surface area contributed by atoms with Gasteiger partial charge in [-0.2, -0.15) is 0 Å². The molecule has 0 bridgehead atoms. The first kappa shape index (κ1) is 25.6. The van der Waals surface area contributed by atoms with Crippen molar-refractivity contribution in [3.63, 3.8) is 0 Å². The molecule has 1 saturated heterocycles. The van der Waals surface area contributed by atoms with Crippen LogP contribution in [0.3, 0.4) is 0 Å². The summed E-state index contributed by atoms with van der Waals surface area (Å²) < 4.78 is 38.6. The van der Waals surface area contributed by atoms with Gasteiger partial charge in [0.05, 0.1) is 12.6 Å². The Morgan fingerprint density at radius 2 is 1.42 bits per heavy atom. The van der Waals surface area contributed by atoms with Gasteiger partial charge in [-0.1, -0.05) is 36.4 Å². The van der Waals surface area contributed by atoms with E-state index in [0.29, 0.717) is 6.61 Å². The summed E-state index contributed by atoms with van der Waals surface area (Å²) in [5, 5.41) is 0. The van der Waals surface area contributed by atoms with Gasteiger partial charge in [0.15, 0.2) is 0 Å². The van der Waals surface area contributed by atoms with E-state index >= 15 is 0 Å². The van der Waals surface area contributed by atoms with Crippen molar-refractivity contribution in [3.8, 4) is 22.3 Å². The Morgan fingerprint density at radius 1 is 0.917 bits per heavy atom. The van der Waals surface area contributed by atoms with Gasteiger partial charge in [0.25, 0.3) is 0 Å². The average molecular weight is 492 g/mol. The molecule has 0 spiro atoms. The minimum Gasteiger partial charge on any atom is -0.444 e. The minimum atomic E-state index is -0.813. The van der Waals surface area contributed by atoms with Gasteiger partial charge in [0.2, 0.25) is 0 Å². The van der Waals surface area contributed by atoms with E-state index in [0.717, 1.165) is 27.8 Å². The van der Waals surface area contributed by atoms with Crippen molar-refractivity contribution < 1.29 is 23.0 Å². The fourth-order valence-electron chi connectivity index (χ4n) is 4.23. The van der Waals surface area contributed by atoms with Crippen LogP contribution in [-0.2, 0) is 9.47 Å². The van der Waals surface area contributed by atoms with Gasteiger partial charge in [-0.05, 0) is 105 Å². The zero-order valence-electron chi connectivity index (χ0n) is 21.2. The van der Waals surface area contributed by atoms with Gasteiger partial charge in [0, 0.05) is 0 Å². The van der Waals surface area contributed by atoms with Crippen molar-refractivity contribution in [1.29, 1.82) is 0 Å². The second kappa shape index (κ2) is 9.86. The van der Waals surface area contributed by atoms with Crippen molar-refractivity contribution in [2.75, 3.05) is 6.61 Å². The predicted octanol–water partition coefficient (Wildman–Crippen LogP) is 7.68. The summed E-state index contributed by atoms with van der Waals surface area (Å²) in [4.78, 5) is 14.6. The van der Waals surface area contributed by atoms with E-state index in [9.17, 15) is 13.6 Å². The molecule has 188 valence electrons. The van der Waals surface area contributed by atoms with E-state index in [2.05, 4.69) is 0 Å². The number of rotatable bonds is 4. The number of benzene rings is 3. The molecule has 3 aromatic rings. The van der Waals surface area contributed by atoms with Crippen LogP contribution >= 0.6 is 0 Å². The molecular weight excluding hydrogens is 460 g/mol. The highest BCUT2D eigenvalue weighted by molar-refractivity contribution is 5.77. The molecule has 0 saturated carbocycles. The smallest absolute Gasteiger partial charge is 0.413 e. The molecule has 4 nitrogen and oxygen atoms in total. The molecule has 1 atom stereocenters. The quantitative estimate of drug-likeness (QED) is 0.376. The summed E-state index contributed by atoms with van der Waals surface area (Å²) in [6.07, 6.45) is 3.43. The van der Waals surface area contributed by atoms with Crippen LogP contribution in [0.5, 0.6) is 0 Å². The largest absolute Gasteiger partial charge is 0.444 e. The lowest BCUT2D eigenvalue weighted by Crippen LogP contribution is -2.49. The van der Waals surface area contributed by atoms with Crippen molar-refractivity contribution in [1.82, 2.24) is 4.90 Å². The van der Waals surface area contributed by atoms with Crippen LogP contribution in [-0.4, -0.2) is 35.0 Å². The highest BCUT2D eigenvalue weighted by atomic mass is 19.1. The number of hydrogen-bond acceptors (Lipinski definition) is 3. The molecule has 0 aliphatic carbocycles. The molecule has 0 unspecified atom stereocenters. The Labute approximate surface area is 211 Å². The zero-order chi connectivity index (χ0) is 26.1. The molecule has 1 fully saturated rings. The normalized spacial score (nSPS) is 17.5. The molecule has 0 radical (unpaired) electrons. The van der Waals surface area contributed by atoms with Gasteiger partial charge < -0.3 is 9.47 Å². The molecule has 1 heterocycles. The average Bonchev–Trinajstić information content (AvgIpc) is 3.11. The van der Waals surface area contributed by atoms with Gasteiger partial charge in [-0.15, -0.1) is 0 Å². The van der Waals surface area contributed by atoms with Crippen LogP contribution in [0, 0.1) is 11.6 Å². The molecule has 1 aliphatic heterocycles. The lowest BCUT2D eigenvalue weighted by atomic mass is 9.95. The molecule has 6 heteroatoms. The Balaban J connectivity index is 1.70. The first-order valence-electron chi connectivity index (χ1n) is 11.9. The molecule has 0 N–H and O–H groups in total. The highest BCUT2D eigenvalue weighted by Crippen LogP contribution is 2.32. The number of nitrogens with zero attached hydrogens (tertiary/aromatic N) is 1. The van der Waals surface area contributed by atoms with E-state index in [1.165, 1.54) is 24.3 Å². The first-order chi connectivity index (χ1) is 16.9. The maximum atomic E-state index is 13.5. The predicted molar refractivity (Wildman–Crippen MR) is 138 cm³/mol. The Bertz CT molecular complexity index is 1200. The highest BCUT2D eigenvalue weighted by Gasteiger charge is 2.44. The van der Waals surface area contributed by atoms with E-state index in [-0.39, 0.29) is 17.7 Å². The maximum Gasteiger partial charge on any atom is 0.413 e. The van der Waals surface area contributed by atoms with E-state index in [4.69, 9.17) is 9.47 Å². The van der Waals surface area contributed by atoms with Gasteiger partial charge in [0.1, 0.15) is 23.0 Å². The zero-order valence-corrected chi connectivity index (χ0v) is 21.2. The Kier molecular flexibility index (Phi) is 7.01. The van der Waals surface area contributed by atoms with Crippen molar-refractivity contribution in [2.24, 2.45) is 0 Å². The van der Waals surface area contributed by atoms with Gasteiger partial charge in [-0.25, -0.2) is 13.6 Å². The van der Waals surface area contributed by atoms with Crippen LogP contribution in [0.2, 0.25) is 0 Å². The third-order valence-electron chi connectivity index (χ3n) is 5.93. The molecule has 36 heavy (non-hydrogen) atoms. The third kappa shape index (κ3) is 6.00. The molecule has 3 aromatic carbocycles. The van der Waals surface area contributed by atoms with E-state index < -0.39 is 17.4 Å². The van der Waals surface area contributed by atoms with Crippen molar-refractivity contribution >= 4 is 12.2 Å². The molecule has 1 amide bonds. The second-order valence-corrected chi connectivity index (χ2v) is 10.4. The van der Waals surface area contributed by atoms with Crippen LogP contribution in [0.4, 0.5) is 13.6 Å². The van der Waals surface area contributed by atoms with E-state index in [1.807, 2.05) is 65.0 Å². The number of carbonyl (C=O) groups excluding carboxylic acids is 1. The molecule has 4 rings (SSSR count). The summed E-state index contributed by atoms with van der Waals surface area (Å²) >= 11 is 0.